The molecular weight excluding hydrogens is 307 g/mol. The van der Waals surface area contributed by atoms with E-state index >= 15 is 0 Å². The van der Waals surface area contributed by atoms with Crippen LogP contribution in [0.4, 0.5) is 0 Å². The highest BCUT2D eigenvalue weighted by molar-refractivity contribution is 9.10. The molecular formula is C12H10BrClO3. The number of aliphatic hydroxyl groups is 1. The molecule has 2 rings (SSSR count). The predicted octanol–water partition coefficient (Wildman–Crippen LogP) is 3.81. The van der Waals surface area contributed by atoms with Crippen LogP contribution in [0.1, 0.15) is 11.9 Å². The van der Waals surface area contributed by atoms with Gasteiger partial charge in [0.1, 0.15) is 24.2 Å². The zero-order valence-electron chi connectivity index (χ0n) is 8.77. The normalized spacial score (nSPS) is 12.4. The summed E-state index contributed by atoms with van der Waals surface area (Å²) < 4.78 is 11.4. The molecule has 1 heterocycles. The summed E-state index contributed by atoms with van der Waals surface area (Å²) in [5, 5.41) is 10.0. The van der Waals surface area contributed by atoms with Crippen LogP contribution in [0.3, 0.4) is 0 Å². The van der Waals surface area contributed by atoms with E-state index in [1.165, 1.54) is 0 Å². The standard InChI is InChI=1S/C12H10BrClO3/c13-8-2-1-3-9(6-8)16-7-10(15)11-4-5-12(14)17-11/h1-6,10,15H,7H2. The van der Waals surface area contributed by atoms with Crippen LogP contribution < -0.4 is 4.74 Å². The molecule has 3 nitrogen and oxygen atoms in total. The van der Waals surface area contributed by atoms with Gasteiger partial charge in [0, 0.05) is 4.47 Å². The van der Waals surface area contributed by atoms with Crippen LogP contribution in [0.15, 0.2) is 45.3 Å². The Morgan fingerprint density at radius 2 is 2.18 bits per heavy atom. The van der Waals surface area contributed by atoms with Crippen molar-refractivity contribution in [3.05, 3.63) is 51.9 Å². The molecule has 0 bridgehead atoms. The molecule has 1 unspecified atom stereocenters. The molecule has 0 fully saturated rings. The topological polar surface area (TPSA) is 42.6 Å². The van der Waals surface area contributed by atoms with E-state index in [0.717, 1.165) is 4.47 Å². The Kier molecular flexibility index (Phi) is 4.10. The summed E-state index contributed by atoms with van der Waals surface area (Å²) in [6.45, 7) is 0.111. The lowest BCUT2D eigenvalue weighted by Crippen LogP contribution is -2.08. The second kappa shape index (κ2) is 5.58. The zero-order valence-corrected chi connectivity index (χ0v) is 11.1. The summed E-state index contributed by atoms with van der Waals surface area (Å²) >= 11 is 8.96. The first-order valence-electron chi connectivity index (χ1n) is 4.97. The fourth-order valence-corrected chi connectivity index (χ4v) is 1.85. The number of ether oxygens (including phenoxy) is 1. The number of hydrogen-bond donors (Lipinski definition) is 1. The summed E-state index contributed by atoms with van der Waals surface area (Å²) in [5.41, 5.74) is 0. The molecule has 0 aliphatic heterocycles. The SMILES string of the molecule is OC(COc1cccc(Br)c1)c1ccc(Cl)o1. The average Bonchev–Trinajstić information content (AvgIpc) is 2.73. The van der Waals surface area contributed by atoms with Crippen molar-refractivity contribution in [2.24, 2.45) is 0 Å². The fourth-order valence-electron chi connectivity index (χ4n) is 1.32. The Morgan fingerprint density at radius 1 is 1.35 bits per heavy atom. The first-order valence-corrected chi connectivity index (χ1v) is 6.14. The molecule has 5 heteroatoms. The molecule has 1 aromatic carbocycles. The molecule has 0 aliphatic carbocycles. The first-order chi connectivity index (χ1) is 8.15. The van der Waals surface area contributed by atoms with Crippen molar-refractivity contribution < 1.29 is 14.3 Å². The molecule has 1 aromatic heterocycles. The van der Waals surface area contributed by atoms with E-state index in [2.05, 4.69) is 15.9 Å². The van der Waals surface area contributed by atoms with Gasteiger partial charge in [-0.3, -0.25) is 0 Å². The molecule has 0 radical (unpaired) electrons. The van der Waals surface area contributed by atoms with Crippen LogP contribution in [0.2, 0.25) is 5.22 Å². The van der Waals surface area contributed by atoms with E-state index in [0.29, 0.717) is 11.5 Å². The minimum atomic E-state index is -0.832. The van der Waals surface area contributed by atoms with Gasteiger partial charge in [0.15, 0.2) is 5.22 Å². The second-order valence-electron chi connectivity index (χ2n) is 3.43. The molecule has 1 N–H and O–H groups in total. The lowest BCUT2D eigenvalue weighted by atomic mass is 10.3. The van der Waals surface area contributed by atoms with Gasteiger partial charge in [-0.2, -0.15) is 0 Å². The van der Waals surface area contributed by atoms with Crippen LogP contribution in [0.25, 0.3) is 0 Å². The Bertz CT molecular complexity index is 498. The van der Waals surface area contributed by atoms with Crippen LogP contribution in [0, 0.1) is 0 Å². The average molecular weight is 318 g/mol. The Hall–Kier alpha value is -0.970. The van der Waals surface area contributed by atoms with E-state index in [-0.39, 0.29) is 11.8 Å². The first kappa shape index (κ1) is 12.5. The molecule has 0 saturated heterocycles. The quantitative estimate of drug-likeness (QED) is 0.932. The lowest BCUT2D eigenvalue weighted by Gasteiger charge is -2.10. The molecule has 17 heavy (non-hydrogen) atoms. The summed E-state index contributed by atoms with van der Waals surface area (Å²) in [6, 6.07) is 10.6. The molecule has 90 valence electrons. The fraction of sp³-hybridized carbons (Fsp3) is 0.167. The van der Waals surface area contributed by atoms with Crippen molar-refractivity contribution in [2.45, 2.75) is 6.10 Å². The van der Waals surface area contributed by atoms with Crippen LogP contribution in [-0.2, 0) is 0 Å². The summed E-state index contributed by atoms with van der Waals surface area (Å²) in [5.74, 6) is 1.07. The molecule has 0 aliphatic rings. The minimum Gasteiger partial charge on any atom is -0.490 e. The molecule has 0 amide bonds. The van der Waals surface area contributed by atoms with Gasteiger partial charge in [0.2, 0.25) is 0 Å². The van der Waals surface area contributed by atoms with Crippen molar-refractivity contribution in [1.29, 1.82) is 0 Å². The largest absolute Gasteiger partial charge is 0.490 e. The molecule has 0 saturated carbocycles. The van der Waals surface area contributed by atoms with Gasteiger partial charge in [0.25, 0.3) is 0 Å². The number of aliphatic hydroxyl groups excluding tert-OH is 1. The molecule has 0 spiro atoms. The third kappa shape index (κ3) is 3.49. The van der Waals surface area contributed by atoms with Gasteiger partial charge < -0.3 is 14.3 Å². The molecule has 2 aromatic rings. The highest BCUT2D eigenvalue weighted by atomic mass is 79.9. The van der Waals surface area contributed by atoms with E-state index in [9.17, 15) is 5.11 Å². The number of hydrogen-bond acceptors (Lipinski definition) is 3. The smallest absolute Gasteiger partial charge is 0.193 e. The highest BCUT2D eigenvalue weighted by Crippen LogP contribution is 2.22. The van der Waals surface area contributed by atoms with E-state index < -0.39 is 6.10 Å². The van der Waals surface area contributed by atoms with Gasteiger partial charge in [0.05, 0.1) is 0 Å². The van der Waals surface area contributed by atoms with Gasteiger partial charge in [-0.05, 0) is 41.9 Å². The number of halogens is 2. The van der Waals surface area contributed by atoms with E-state index in [1.54, 1.807) is 12.1 Å². The lowest BCUT2D eigenvalue weighted by molar-refractivity contribution is 0.0889. The maximum atomic E-state index is 9.78. The molecule has 1 atom stereocenters. The Morgan fingerprint density at radius 3 is 2.82 bits per heavy atom. The Balaban J connectivity index is 1.94. The van der Waals surface area contributed by atoms with E-state index in [1.807, 2.05) is 24.3 Å². The summed E-state index contributed by atoms with van der Waals surface area (Å²) in [7, 11) is 0. The summed E-state index contributed by atoms with van der Waals surface area (Å²) in [6.07, 6.45) is -0.832. The van der Waals surface area contributed by atoms with Crippen LogP contribution in [-0.4, -0.2) is 11.7 Å². The number of benzene rings is 1. The maximum absolute atomic E-state index is 9.78. The van der Waals surface area contributed by atoms with Gasteiger partial charge in [-0.1, -0.05) is 22.0 Å². The maximum Gasteiger partial charge on any atom is 0.193 e. The second-order valence-corrected chi connectivity index (χ2v) is 4.71. The Labute approximate surface area is 112 Å². The van der Waals surface area contributed by atoms with Gasteiger partial charge in [-0.15, -0.1) is 0 Å². The number of furan rings is 1. The van der Waals surface area contributed by atoms with Crippen molar-refractivity contribution >= 4 is 27.5 Å². The zero-order chi connectivity index (χ0) is 12.3. The van der Waals surface area contributed by atoms with Crippen LogP contribution >= 0.6 is 27.5 Å². The summed E-state index contributed by atoms with van der Waals surface area (Å²) in [4.78, 5) is 0. The van der Waals surface area contributed by atoms with Crippen molar-refractivity contribution in [2.75, 3.05) is 6.61 Å². The number of rotatable bonds is 4. The van der Waals surface area contributed by atoms with E-state index in [4.69, 9.17) is 20.8 Å². The van der Waals surface area contributed by atoms with Gasteiger partial charge in [-0.25, -0.2) is 0 Å². The highest BCUT2D eigenvalue weighted by Gasteiger charge is 2.12. The monoisotopic (exact) mass is 316 g/mol. The van der Waals surface area contributed by atoms with Crippen molar-refractivity contribution in [3.8, 4) is 5.75 Å². The third-order valence-corrected chi connectivity index (χ3v) is 2.82. The predicted molar refractivity (Wildman–Crippen MR) is 68.3 cm³/mol. The van der Waals surface area contributed by atoms with Crippen molar-refractivity contribution in [1.82, 2.24) is 0 Å². The van der Waals surface area contributed by atoms with Gasteiger partial charge >= 0.3 is 0 Å². The minimum absolute atomic E-state index is 0.111. The third-order valence-electron chi connectivity index (χ3n) is 2.13. The van der Waals surface area contributed by atoms with Crippen LogP contribution in [0.5, 0.6) is 5.75 Å². The van der Waals surface area contributed by atoms with Crippen molar-refractivity contribution in [3.63, 3.8) is 0 Å².